The summed E-state index contributed by atoms with van der Waals surface area (Å²) in [5, 5.41) is 2.93. The van der Waals surface area contributed by atoms with E-state index in [1.807, 2.05) is 78.9 Å². The predicted molar refractivity (Wildman–Crippen MR) is 176 cm³/mol. The van der Waals surface area contributed by atoms with E-state index in [-0.39, 0.29) is 22.4 Å². The van der Waals surface area contributed by atoms with E-state index in [9.17, 15) is 18.0 Å². The van der Waals surface area contributed by atoms with Gasteiger partial charge in [-0.15, -0.1) is 0 Å². The molecule has 0 spiro atoms. The van der Waals surface area contributed by atoms with E-state index in [0.717, 1.165) is 21.8 Å². The highest BCUT2D eigenvalue weighted by atomic mass is 32.2. The van der Waals surface area contributed by atoms with E-state index >= 15 is 0 Å². The number of aromatic amines is 1. The molecule has 9 aromatic rings. The molecule has 0 bridgehead atoms. The van der Waals surface area contributed by atoms with Gasteiger partial charge < -0.3 is 4.98 Å². The van der Waals surface area contributed by atoms with Crippen molar-refractivity contribution in [2.75, 3.05) is 0 Å². The first kappa shape index (κ1) is 24.9. The number of H-pyrrole nitrogens is 1. The molecule has 216 valence electrons. The normalized spacial score (nSPS) is 15.5. The van der Waals surface area contributed by atoms with E-state index in [1.54, 1.807) is 27.0 Å². The third-order valence-electron chi connectivity index (χ3n) is 9.66. The third-order valence-corrected chi connectivity index (χ3v) is 11.9. The molecular weight excluding hydrogens is 584 g/mol. The summed E-state index contributed by atoms with van der Waals surface area (Å²) in [5.41, 5.74) is 5.12. The van der Waals surface area contributed by atoms with Crippen molar-refractivity contribution < 1.29 is 8.42 Å². The van der Waals surface area contributed by atoms with E-state index in [4.69, 9.17) is 4.98 Å². The van der Waals surface area contributed by atoms with Crippen LogP contribution < -0.4 is 11.1 Å². The Morgan fingerprint density at radius 3 is 2.33 bits per heavy atom. The van der Waals surface area contributed by atoms with Gasteiger partial charge in [0, 0.05) is 32.5 Å². The molecule has 1 N–H and O–H groups in total. The summed E-state index contributed by atoms with van der Waals surface area (Å²) in [6, 6.07) is 29.5. The Morgan fingerprint density at radius 1 is 0.689 bits per heavy atom. The number of imidazole rings is 2. The topological polar surface area (TPSA) is 106 Å². The molecule has 0 radical (unpaired) electrons. The fraction of sp³-hybridized carbons (Fsp3) is 0.0833. The number of nitrogens with zero attached hydrogens (tertiary/aromatic N) is 3. The number of aryl methyl sites for hydroxylation is 1. The summed E-state index contributed by atoms with van der Waals surface area (Å²) >= 11 is 0. The Hall–Kier alpha value is -5.54. The average Bonchev–Trinajstić information content (AvgIpc) is 3.65. The molecule has 0 aliphatic heterocycles. The number of nitrogens with one attached hydrogen (secondary N) is 1. The van der Waals surface area contributed by atoms with Crippen LogP contribution in [0.1, 0.15) is 22.8 Å². The summed E-state index contributed by atoms with van der Waals surface area (Å²) < 4.78 is 32.8. The van der Waals surface area contributed by atoms with Crippen molar-refractivity contribution in [3.63, 3.8) is 0 Å². The van der Waals surface area contributed by atoms with Gasteiger partial charge in [-0.25, -0.2) is 13.4 Å². The van der Waals surface area contributed by atoms with Crippen LogP contribution in [-0.4, -0.2) is 27.2 Å². The maximum absolute atomic E-state index is 14.7. The zero-order valence-corrected chi connectivity index (χ0v) is 24.4. The van der Waals surface area contributed by atoms with Gasteiger partial charge in [0.25, 0.3) is 11.1 Å². The van der Waals surface area contributed by atoms with Gasteiger partial charge in [-0.3, -0.25) is 18.4 Å². The van der Waals surface area contributed by atoms with Crippen LogP contribution in [0.5, 0.6) is 0 Å². The van der Waals surface area contributed by atoms with E-state index < -0.39 is 15.1 Å². The number of sulfone groups is 1. The lowest BCUT2D eigenvalue weighted by Crippen LogP contribution is -2.26. The van der Waals surface area contributed by atoms with Crippen LogP contribution in [0.3, 0.4) is 0 Å². The molecule has 0 amide bonds. The smallest absolute Gasteiger partial charge is 0.264 e. The summed E-state index contributed by atoms with van der Waals surface area (Å²) in [7, 11) is -3.96. The molecule has 1 aliphatic carbocycles. The number of benzene rings is 5. The van der Waals surface area contributed by atoms with Crippen LogP contribution in [0.15, 0.2) is 112 Å². The maximum atomic E-state index is 14.7. The Balaban J connectivity index is 1.24. The minimum absolute atomic E-state index is 0.124. The van der Waals surface area contributed by atoms with Crippen molar-refractivity contribution in [2.24, 2.45) is 0 Å². The minimum atomic E-state index is -3.96. The van der Waals surface area contributed by atoms with Crippen LogP contribution in [-0.2, 0) is 16.3 Å². The summed E-state index contributed by atoms with van der Waals surface area (Å²) in [6.07, 6.45) is 0.609. The van der Waals surface area contributed by atoms with Gasteiger partial charge in [0.2, 0.25) is 0 Å². The molecule has 4 heterocycles. The average molecular weight is 607 g/mol. The molecule has 45 heavy (non-hydrogen) atoms. The van der Waals surface area contributed by atoms with Crippen LogP contribution in [0.2, 0.25) is 0 Å². The molecule has 8 nitrogen and oxygen atoms in total. The second kappa shape index (κ2) is 8.34. The number of para-hydroxylation sites is 4. The lowest BCUT2D eigenvalue weighted by atomic mass is 9.89. The first-order valence-corrected chi connectivity index (χ1v) is 16.4. The van der Waals surface area contributed by atoms with Gasteiger partial charge >= 0.3 is 0 Å². The molecule has 5 aromatic carbocycles. The molecule has 0 saturated carbocycles. The predicted octanol–water partition coefficient (Wildman–Crippen LogP) is 6.30. The first-order chi connectivity index (χ1) is 21.9. The SMILES string of the molecule is O=c1c2ccc(S(=O)(=O)C3CCc4c(=O)n5c6ccccc6[nH]c5c5cccc3c45)c3cccc(c32)c2nc3ccccc3n12. The lowest BCUT2D eigenvalue weighted by Gasteiger charge is -2.26. The largest absolute Gasteiger partial charge is 0.339 e. The summed E-state index contributed by atoms with van der Waals surface area (Å²) in [4.78, 5) is 36.1. The third kappa shape index (κ3) is 3.00. The molecular formula is C36H22N4O4S. The highest BCUT2D eigenvalue weighted by molar-refractivity contribution is 7.92. The highest BCUT2D eigenvalue weighted by Gasteiger charge is 2.36. The van der Waals surface area contributed by atoms with Gasteiger partial charge in [0.05, 0.1) is 32.2 Å². The van der Waals surface area contributed by atoms with Crippen molar-refractivity contribution >= 4 is 75.5 Å². The van der Waals surface area contributed by atoms with Crippen LogP contribution in [0.4, 0.5) is 0 Å². The van der Waals surface area contributed by atoms with E-state index in [0.29, 0.717) is 61.4 Å². The van der Waals surface area contributed by atoms with E-state index in [2.05, 4.69) is 4.98 Å². The highest BCUT2D eigenvalue weighted by Crippen LogP contribution is 2.44. The lowest BCUT2D eigenvalue weighted by molar-refractivity contribution is 0.574. The van der Waals surface area contributed by atoms with Crippen LogP contribution >= 0.6 is 0 Å². The number of hydrogen-bond acceptors (Lipinski definition) is 5. The van der Waals surface area contributed by atoms with Crippen LogP contribution in [0.25, 0.3) is 65.7 Å². The zero-order valence-electron chi connectivity index (χ0n) is 23.6. The Labute approximate surface area is 254 Å². The number of pyridine rings is 2. The standard InChI is InChI=1S/C36H22N4O4S/c41-35-23-15-17-29(19-7-5-9-21(31(19)23)33-37-25-11-1-3-13-27(25)39(33)35)45(43,44)30-18-16-24-32-20(30)8-6-10-22(32)34-38-26-12-2-4-14-28(26)40(34)36(24)42/h1-15,17,30,38H,16,18H2. The van der Waals surface area contributed by atoms with Gasteiger partial charge in [-0.1, -0.05) is 60.7 Å². The van der Waals surface area contributed by atoms with Crippen LogP contribution in [0, 0.1) is 0 Å². The second-order valence-corrected chi connectivity index (χ2v) is 14.0. The monoisotopic (exact) mass is 606 g/mol. The molecule has 10 rings (SSSR count). The fourth-order valence-electron chi connectivity index (χ4n) is 7.76. The van der Waals surface area contributed by atoms with Crippen molar-refractivity contribution in [1.29, 1.82) is 0 Å². The number of aromatic nitrogens is 4. The minimum Gasteiger partial charge on any atom is -0.339 e. The van der Waals surface area contributed by atoms with E-state index in [1.165, 1.54) is 0 Å². The quantitative estimate of drug-likeness (QED) is 0.249. The second-order valence-electron chi connectivity index (χ2n) is 11.9. The molecule has 1 unspecified atom stereocenters. The summed E-state index contributed by atoms with van der Waals surface area (Å²) in [6.45, 7) is 0. The Morgan fingerprint density at radius 2 is 1.44 bits per heavy atom. The van der Waals surface area contributed by atoms with Crippen molar-refractivity contribution in [3.05, 3.63) is 129 Å². The van der Waals surface area contributed by atoms with Gasteiger partial charge in [0.1, 0.15) is 11.3 Å². The first-order valence-electron chi connectivity index (χ1n) is 14.8. The molecule has 4 aromatic heterocycles. The van der Waals surface area contributed by atoms with Gasteiger partial charge in [-0.05, 0) is 60.2 Å². The Kier molecular flexibility index (Phi) is 4.60. The van der Waals surface area contributed by atoms with Crippen molar-refractivity contribution in [1.82, 2.24) is 18.8 Å². The number of fused-ring (bicyclic) bond motifs is 8. The number of hydrogen-bond donors (Lipinski definition) is 1. The Bertz CT molecular complexity index is 3010. The van der Waals surface area contributed by atoms with Crippen molar-refractivity contribution in [3.8, 4) is 0 Å². The van der Waals surface area contributed by atoms with Crippen molar-refractivity contribution in [2.45, 2.75) is 23.0 Å². The summed E-state index contributed by atoms with van der Waals surface area (Å²) in [5.74, 6) is 0. The van der Waals surface area contributed by atoms with Gasteiger partial charge in [0.15, 0.2) is 9.84 Å². The number of rotatable bonds is 2. The molecule has 1 aliphatic rings. The molecule has 0 saturated heterocycles. The fourth-order valence-corrected chi connectivity index (χ4v) is 9.75. The maximum Gasteiger partial charge on any atom is 0.264 e. The zero-order chi connectivity index (χ0) is 30.2. The molecule has 9 heteroatoms. The molecule has 0 fully saturated rings. The van der Waals surface area contributed by atoms with Gasteiger partial charge in [-0.2, -0.15) is 0 Å². The molecule has 1 atom stereocenters.